The Morgan fingerprint density at radius 2 is 2.29 bits per heavy atom. The van der Waals surface area contributed by atoms with Gasteiger partial charge in [-0.3, -0.25) is 4.90 Å². The minimum absolute atomic E-state index is 0.616. The van der Waals surface area contributed by atoms with Crippen molar-refractivity contribution in [2.24, 2.45) is 0 Å². The Morgan fingerprint density at radius 3 is 2.79 bits per heavy atom. The van der Waals surface area contributed by atoms with Gasteiger partial charge in [0.15, 0.2) is 0 Å². The number of nitrogens with one attached hydrogen (secondary N) is 1. The van der Waals surface area contributed by atoms with Crippen molar-refractivity contribution in [2.75, 3.05) is 20.1 Å². The molecule has 82 valence electrons. The summed E-state index contributed by atoms with van der Waals surface area (Å²) in [5, 5.41) is 3.40. The predicted molar refractivity (Wildman–Crippen MR) is 62.7 cm³/mol. The average Bonchev–Trinajstić information content (AvgIpc) is 2.99. The van der Waals surface area contributed by atoms with Crippen molar-refractivity contribution in [3.63, 3.8) is 0 Å². The van der Waals surface area contributed by atoms with Gasteiger partial charge in [-0.25, -0.2) is 0 Å². The zero-order chi connectivity index (χ0) is 10.6. The molecule has 1 rings (SSSR count). The summed E-state index contributed by atoms with van der Waals surface area (Å²) >= 11 is 5.58. The van der Waals surface area contributed by atoms with Crippen molar-refractivity contribution in [3.05, 3.63) is 11.1 Å². The molecule has 1 fully saturated rings. The molecular formula is C11H21ClN2. The Balaban J connectivity index is 2.10. The van der Waals surface area contributed by atoms with Gasteiger partial charge in [-0.15, -0.1) is 0 Å². The normalized spacial score (nSPS) is 20.2. The van der Waals surface area contributed by atoms with Crippen LogP contribution in [0.1, 0.15) is 26.7 Å². The molecule has 0 aromatic rings. The number of hydrogen-bond donors (Lipinski definition) is 1. The van der Waals surface area contributed by atoms with Gasteiger partial charge in [-0.1, -0.05) is 11.6 Å². The van der Waals surface area contributed by atoms with Crippen LogP contribution >= 0.6 is 11.6 Å². The van der Waals surface area contributed by atoms with Crippen LogP contribution < -0.4 is 5.32 Å². The predicted octanol–water partition coefficient (Wildman–Crippen LogP) is 2.20. The van der Waals surface area contributed by atoms with Crippen molar-refractivity contribution in [2.45, 2.75) is 38.8 Å². The van der Waals surface area contributed by atoms with E-state index in [2.05, 4.69) is 24.2 Å². The summed E-state index contributed by atoms with van der Waals surface area (Å²) in [6, 6.07) is 1.46. The van der Waals surface area contributed by atoms with Crippen molar-refractivity contribution in [3.8, 4) is 0 Å². The number of likely N-dealkylation sites (N-methyl/N-ethyl adjacent to an activating group) is 1. The van der Waals surface area contributed by atoms with E-state index in [9.17, 15) is 0 Å². The van der Waals surface area contributed by atoms with E-state index in [4.69, 9.17) is 11.6 Å². The van der Waals surface area contributed by atoms with Crippen molar-refractivity contribution in [1.29, 1.82) is 0 Å². The molecule has 1 atom stereocenters. The Bertz CT molecular complexity index is 199. The summed E-state index contributed by atoms with van der Waals surface area (Å²) in [5.41, 5.74) is 2.83. The van der Waals surface area contributed by atoms with E-state index in [0.29, 0.717) is 6.04 Å². The smallest absolute Gasteiger partial charge is 0.0192 e. The van der Waals surface area contributed by atoms with Crippen LogP contribution in [0, 0.1) is 0 Å². The second kappa shape index (κ2) is 5.74. The fourth-order valence-electron chi connectivity index (χ4n) is 1.50. The Labute approximate surface area is 92.3 Å². The number of halogens is 1. The zero-order valence-corrected chi connectivity index (χ0v) is 10.1. The Kier molecular flexibility index (Phi) is 4.93. The van der Waals surface area contributed by atoms with Crippen molar-refractivity contribution in [1.82, 2.24) is 10.2 Å². The molecule has 0 saturated heterocycles. The molecule has 2 nitrogen and oxygen atoms in total. The fourth-order valence-corrected chi connectivity index (χ4v) is 1.58. The van der Waals surface area contributed by atoms with Crippen LogP contribution in [-0.4, -0.2) is 37.1 Å². The molecular weight excluding hydrogens is 196 g/mol. The molecule has 0 spiro atoms. The maximum Gasteiger partial charge on any atom is 0.0192 e. The molecule has 0 bridgehead atoms. The van der Waals surface area contributed by atoms with E-state index >= 15 is 0 Å². The third-order valence-corrected chi connectivity index (χ3v) is 3.22. The highest BCUT2D eigenvalue weighted by atomic mass is 35.5. The van der Waals surface area contributed by atoms with Gasteiger partial charge < -0.3 is 5.32 Å². The van der Waals surface area contributed by atoms with Gasteiger partial charge in [0.1, 0.15) is 0 Å². The molecule has 1 saturated carbocycles. The van der Waals surface area contributed by atoms with E-state index in [1.165, 1.54) is 18.4 Å². The van der Waals surface area contributed by atoms with Gasteiger partial charge in [-0.05, 0) is 39.3 Å². The molecule has 1 aliphatic carbocycles. The summed E-state index contributed by atoms with van der Waals surface area (Å²) in [4.78, 5) is 2.47. The lowest BCUT2D eigenvalue weighted by Crippen LogP contribution is -2.39. The third kappa shape index (κ3) is 3.99. The number of rotatable bonds is 6. The lowest BCUT2D eigenvalue weighted by atomic mass is 10.2. The van der Waals surface area contributed by atoms with E-state index < -0.39 is 0 Å². The molecule has 3 heteroatoms. The zero-order valence-electron chi connectivity index (χ0n) is 9.39. The van der Waals surface area contributed by atoms with E-state index in [0.717, 1.165) is 19.1 Å². The quantitative estimate of drug-likeness (QED) is 0.733. The molecule has 1 unspecified atom stereocenters. The highest BCUT2D eigenvalue weighted by Crippen LogP contribution is 2.26. The Morgan fingerprint density at radius 1 is 1.64 bits per heavy atom. The third-order valence-electron chi connectivity index (χ3n) is 2.85. The SMILES string of the molecule is CC(=CCl)CNCC(C)N(C)C1CC1. The van der Waals surface area contributed by atoms with Crippen LogP contribution in [0.25, 0.3) is 0 Å². The highest BCUT2D eigenvalue weighted by Gasteiger charge is 2.28. The molecule has 0 heterocycles. The first-order valence-corrected chi connectivity index (χ1v) is 5.77. The largest absolute Gasteiger partial charge is 0.311 e. The molecule has 0 aliphatic heterocycles. The van der Waals surface area contributed by atoms with Gasteiger partial charge in [0.2, 0.25) is 0 Å². The minimum atomic E-state index is 0.616. The van der Waals surface area contributed by atoms with Crippen LogP contribution in [0.15, 0.2) is 11.1 Å². The summed E-state index contributed by atoms with van der Waals surface area (Å²) in [6.07, 6.45) is 2.75. The molecule has 1 N–H and O–H groups in total. The molecule has 1 aliphatic rings. The summed E-state index contributed by atoms with van der Waals surface area (Å²) < 4.78 is 0. The summed E-state index contributed by atoms with van der Waals surface area (Å²) in [6.45, 7) is 6.24. The van der Waals surface area contributed by atoms with Gasteiger partial charge in [0, 0.05) is 30.7 Å². The van der Waals surface area contributed by atoms with Crippen LogP contribution in [0.5, 0.6) is 0 Å². The fraction of sp³-hybridized carbons (Fsp3) is 0.818. The monoisotopic (exact) mass is 216 g/mol. The average molecular weight is 217 g/mol. The molecule has 0 radical (unpaired) electrons. The maximum absolute atomic E-state index is 5.58. The number of nitrogens with zero attached hydrogens (tertiary/aromatic N) is 1. The second-order valence-electron chi connectivity index (χ2n) is 4.33. The topological polar surface area (TPSA) is 15.3 Å². The van der Waals surface area contributed by atoms with Crippen LogP contribution in [0.3, 0.4) is 0 Å². The second-order valence-corrected chi connectivity index (χ2v) is 4.55. The van der Waals surface area contributed by atoms with Gasteiger partial charge in [0.05, 0.1) is 0 Å². The summed E-state index contributed by atoms with van der Waals surface area (Å²) in [5.74, 6) is 0. The molecule has 0 amide bonds. The molecule has 0 aromatic heterocycles. The first kappa shape index (κ1) is 12.0. The maximum atomic E-state index is 5.58. The molecule has 0 aromatic carbocycles. The Hall–Kier alpha value is -0.0500. The lowest BCUT2D eigenvalue weighted by molar-refractivity contribution is 0.243. The van der Waals surface area contributed by atoms with Crippen LogP contribution in [0.2, 0.25) is 0 Å². The highest BCUT2D eigenvalue weighted by molar-refractivity contribution is 6.25. The van der Waals surface area contributed by atoms with Gasteiger partial charge in [-0.2, -0.15) is 0 Å². The first-order valence-electron chi connectivity index (χ1n) is 5.33. The standard InChI is InChI=1S/C11H21ClN2/c1-9(6-12)7-13-8-10(2)14(3)11-4-5-11/h6,10-11,13H,4-5,7-8H2,1-3H3. The van der Waals surface area contributed by atoms with E-state index in [1.807, 2.05) is 6.92 Å². The minimum Gasteiger partial charge on any atom is -0.311 e. The summed E-state index contributed by atoms with van der Waals surface area (Å²) in [7, 11) is 2.22. The number of hydrogen-bond acceptors (Lipinski definition) is 2. The van der Waals surface area contributed by atoms with Crippen molar-refractivity contribution >= 4 is 11.6 Å². The van der Waals surface area contributed by atoms with Crippen LogP contribution in [-0.2, 0) is 0 Å². The van der Waals surface area contributed by atoms with Crippen molar-refractivity contribution < 1.29 is 0 Å². The lowest BCUT2D eigenvalue weighted by Gasteiger charge is -2.24. The van der Waals surface area contributed by atoms with E-state index in [1.54, 1.807) is 5.54 Å². The van der Waals surface area contributed by atoms with Gasteiger partial charge >= 0.3 is 0 Å². The van der Waals surface area contributed by atoms with Gasteiger partial charge in [0.25, 0.3) is 0 Å². The van der Waals surface area contributed by atoms with Crippen LogP contribution in [0.4, 0.5) is 0 Å². The first-order chi connectivity index (χ1) is 6.65. The van der Waals surface area contributed by atoms with E-state index in [-0.39, 0.29) is 0 Å². The molecule has 14 heavy (non-hydrogen) atoms.